The number of anilines is 1. The van der Waals surface area contributed by atoms with Crippen LogP contribution in [0.4, 0.5) is 5.82 Å². The van der Waals surface area contributed by atoms with Gasteiger partial charge in [0.25, 0.3) is 5.56 Å². The molecule has 0 amide bonds. The van der Waals surface area contributed by atoms with Crippen molar-refractivity contribution in [1.82, 2.24) is 15.3 Å². The van der Waals surface area contributed by atoms with Gasteiger partial charge in [-0.1, -0.05) is 17.7 Å². The second-order valence-electron chi connectivity index (χ2n) is 6.75. The van der Waals surface area contributed by atoms with Gasteiger partial charge in [-0.2, -0.15) is 0 Å². The van der Waals surface area contributed by atoms with Gasteiger partial charge in [0.05, 0.1) is 0 Å². The predicted octanol–water partition coefficient (Wildman–Crippen LogP) is 2.26. The Morgan fingerprint density at radius 2 is 1.92 bits per heavy atom. The number of hydrogen-bond acceptors (Lipinski definition) is 4. The summed E-state index contributed by atoms with van der Waals surface area (Å²) in [5.41, 5.74) is 2.64. The molecule has 3 rings (SSSR count). The van der Waals surface area contributed by atoms with Gasteiger partial charge in [0.2, 0.25) is 0 Å². The summed E-state index contributed by atoms with van der Waals surface area (Å²) in [5, 5.41) is 4.38. The van der Waals surface area contributed by atoms with Crippen LogP contribution in [0.2, 0.25) is 5.02 Å². The molecule has 1 unspecified atom stereocenters. The summed E-state index contributed by atoms with van der Waals surface area (Å²) in [7, 11) is 0. The monoisotopic (exact) mass is 362 g/mol. The van der Waals surface area contributed by atoms with Crippen molar-refractivity contribution in [1.29, 1.82) is 0 Å². The number of rotatable bonds is 4. The number of aromatic nitrogens is 2. The van der Waals surface area contributed by atoms with E-state index in [4.69, 9.17) is 11.6 Å². The number of nitrogens with zero attached hydrogens (tertiary/aromatic N) is 1. The third-order valence-corrected chi connectivity index (χ3v) is 5.17. The number of halogens is 1. The van der Waals surface area contributed by atoms with E-state index in [1.165, 1.54) is 17.2 Å². The van der Waals surface area contributed by atoms with E-state index in [-0.39, 0.29) is 17.6 Å². The molecule has 1 aliphatic heterocycles. The Balaban J connectivity index is 1.70. The minimum atomic E-state index is -0.478. The summed E-state index contributed by atoms with van der Waals surface area (Å²) in [6.45, 7) is 7.76. The number of nitrogens with one attached hydrogen (secondary N) is 3. The van der Waals surface area contributed by atoms with E-state index < -0.39 is 5.69 Å². The van der Waals surface area contributed by atoms with Crippen molar-refractivity contribution in [3.63, 3.8) is 0 Å². The topological polar surface area (TPSA) is 81.0 Å². The molecule has 1 fully saturated rings. The summed E-state index contributed by atoms with van der Waals surface area (Å²) in [5.74, 6) is 0.565. The van der Waals surface area contributed by atoms with Gasteiger partial charge >= 0.3 is 5.69 Å². The maximum Gasteiger partial charge on any atom is 0.327 e. The average molecular weight is 363 g/mol. The van der Waals surface area contributed by atoms with Crippen LogP contribution in [0.3, 0.4) is 0 Å². The van der Waals surface area contributed by atoms with Crippen LogP contribution < -0.4 is 21.5 Å². The lowest BCUT2D eigenvalue weighted by Crippen LogP contribution is -2.35. The Morgan fingerprint density at radius 1 is 1.20 bits per heavy atom. The van der Waals surface area contributed by atoms with E-state index in [0.717, 1.165) is 30.1 Å². The van der Waals surface area contributed by atoms with Crippen LogP contribution in [0, 0.1) is 13.8 Å². The van der Waals surface area contributed by atoms with E-state index in [1.807, 2.05) is 11.0 Å². The van der Waals surface area contributed by atoms with E-state index in [0.29, 0.717) is 5.82 Å². The molecule has 7 heteroatoms. The molecule has 6 nitrogen and oxygen atoms in total. The molecular formula is C18H23ClN4O2. The van der Waals surface area contributed by atoms with Crippen LogP contribution >= 0.6 is 11.6 Å². The molecule has 2 atom stereocenters. The quantitative estimate of drug-likeness (QED) is 0.779. The maximum absolute atomic E-state index is 11.5. The van der Waals surface area contributed by atoms with Crippen molar-refractivity contribution in [3.05, 3.63) is 60.8 Å². The van der Waals surface area contributed by atoms with Gasteiger partial charge in [0.1, 0.15) is 5.82 Å². The fraction of sp³-hybridized carbons (Fsp3) is 0.444. The van der Waals surface area contributed by atoms with Crippen molar-refractivity contribution in [2.75, 3.05) is 18.0 Å². The lowest BCUT2D eigenvalue weighted by atomic mass is 10.0. The summed E-state index contributed by atoms with van der Waals surface area (Å²) in [6.07, 6.45) is 0.932. The highest BCUT2D eigenvalue weighted by molar-refractivity contribution is 6.31. The van der Waals surface area contributed by atoms with Gasteiger partial charge in [0.15, 0.2) is 0 Å². The Labute approximate surface area is 151 Å². The van der Waals surface area contributed by atoms with Crippen molar-refractivity contribution < 1.29 is 0 Å². The predicted molar refractivity (Wildman–Crippen MR) is 101 cm³/mol. The lowest BCUT2D eigenvalue weighted by Gasteiger charge is -2.22. The first kappa shape index (κ1) is 17.8. The van der Waals surface area contributed by atoms with E-state index >= 15 is 0 Å². The second-order valence-corrected chi connectivity index (χ2v) is 7.16. The molecule has 1 saturated heterocycles. The highest BCUT2D eigenvalue weighted by Crippen LogP contribution is 2.27. The molecule has 1 aromatic heterocycles. The fourth-order valence-corrected chi connectivity index (χ4v) is 3.70. The minimum absolute atomic E-state index is 0.120. The Kier molecular flexibility index (Phi) is 5.01. The SMILES string of the molecule is Cc1cc(Cl)c(C(C)N[C@H]2CCN(c3cc(=O)[nH]c(=O)[nH]3)C2)cc1C. The Morgan fingerprint density at radius 3 is 2.64 bits per heavy atom. The molecule has 3 N–H and O–H groups in total. The van der Waals surface area contributed by atoms with Gasteiger partial charge < -0.3 is 10.2 Å². The van der Waals surface area contributed by atoms with Gasteiger partial charge in [-0.15, -0.1) is 0 Å². The van der Waals surface area contributed by atoms with Crippen LogP contribution in [0.1, 0.15) is 36.1 Å². The van der Waals surface area contributed by atoms with Gasteiger partial charge in [-0.25, -0.2) is 4.79 Å². The Hall–Kier alpha value is -2.05. The first-order valence-corrected chi connectivity index (χ1v) is 8.82. The van der Waals surface area contributed by atoms with Crippen LogP contribution in [0.25, 0.3) is 0 Å². The zero-order valence-corrected chi connectivity index (χ0v) is 15.4. The number of aromatic amines is 2. The third kappa shape index (κ3) is 3.96. The zero-order valence-electron chi connectivity index (χ0n) is 14.6. The molecular weight excluding hydrogens is 340 g/mol. The third-order valence-electron chi connectivity index (χ3n) is 4.84. The molecule has 0 aliphatic carbocycles. The number of H-pyrrole nitrogens is 2. The van der Waals surface area contributed by atoms with Gasteiger partial charge in [0, 0.05) is 36.3 Å². The smallest absolute Gasteiger partial charge is 0.327 e. The summed E-state index contributed by atoms with van der Waals surface area (Å²) >= 11 is 6.41. The lowest BCUT2D eigenvalue weighted by molar-refractivity contribution is 0.481. The summed E-state index contributed by atoms with van der Waals surface area (Å²) < 4.78 is 0. The van der Waals surface area contributed by atoms with Crippen molar-refractivity contribution in [3.8, 4) is 0 Å². The van der Waals surface area contributed by atoms with Crippen LogP contribution in [0.15, 0.2) is 27.8 Å². The average Bonchev–Trinajstić information content (AvgIpc) is 2.98. The molecule has 0 saturated carbocycles. The zero-order chi connectivity index (χ0) is 18.1. The van der Waals surface area contributed by atoms with Crippen LogP contribution in [-0.4, -0.2) is 29.1 Å². The van der Waals surface area contributed by atoms with Crippen LogP contribution in [0.5, 0.6) is 0 Å². The van der Waals surface area contributed by atoms with Crippen molar-refractivity contribution in [2.24, 2.45) is 0 Å². The highest BCUT2D eigenvalue weighted by atomic mass is 35.5. The Bertz CT molecular complexity index is 861. The molecule has 0 spiro atoms. The number of benzene rings is 1. The highest BCUT2D eigenvalue weighted by Gasteiger charge is 2.25. The fourth-order valence-electron chi connectivity index (χ4n) is 3.32. The summed E-state index contributed by atoms with van der Waals surface area (Å²) in [4.78, 5) is 29.8. The molecule has 0 bridgehead atoms. The molecule has 2 heterocycles. The molecule has 134 valence electrons. The molecule has 25 heavy (non-hydrogen) atoms. The maximum atomic E-state index is 11.5. The first-order valence-electron chi connectivity index (χ1n) is 8.45. The molecule has 2 aromatic rings. The van der Waals surface area contributed by atoms with Gasteiger partial charge in [-0.3, -0.25) is 14.8 Å². The molecule has 0 radical (unpaired) electrons. The largest absolute Gasteiger partial charge is 0.356 e. The number of aryl methyl sites for hydroxylation is 2. The minimum Gasteiger partial charge on any atom is -0.356 e. The van der Waals surface area contributed by atoms with E-state index in [2.05, 4.69) is 42.1 Å². The van der Waals surface area contributed by atoms with E-state index in [1.54, 1.807) is 0 Å². The van der Waals surface area contributed by atoms with Crippen molar-refractivity contribution >= 4 is 17.4 Å². The van der Waals surface area contributed by atoms with E-state index in [9.17, 15) is 9.59 Å². The van der Waals surface area contributed by atoms with Gasteiger partial charge in [-0.05, 0) is 49.9 Å². The number of hydrogen-bond donors (Lipinski definition) is 3. The standard InChI is InChI=1S/C18H23ClN4O2/c1-10-6-14(15(19)7-11(10)2)12(3)20-13-4-5-23(9-13)16-8-17(24)22-18(25)21-16/h6-8,12-13,20H,4-5,9H2,1-3H3,(H2,21,22,24,25)/t12?,13-/m0/s1. The summed E-state index contributed by atoms with van der Waals surface area (Å²) in [6, 6.07) is 5.95. The molecule has 1 aromatic carbocycles. The van der Waals surface area contributed by atoms with Crippen LogP contribution in [-0.2, 0) is 0 Å². The van der Waals surface area contributed by atoms with Crippen molar-refractivity contribution in [2.45, 2.75) is 39.3 Å². The normalized spacial score (nSPS) is 18.6. The second kappa shape index (κ2) is 7.06. The molecule has 1 aliphatic rings. The first-order chi connectivity index (χ1) is 11.8.